The van der Waals surface area contributed by atoms with E-state index in [1.165, 1.54) is 17.6 Å². The summed E-state index contributed by atoms with van der Waals surface area (Å²) in [5, 5.41) is 12.2. The zero-order valence-electron chi connectivity index (χ0n) is 12.7. The Kier molecular flexibility index (Phi) is 5.77. The average molecular weight is 306 g/mol. The highest BCUT2D eigenvalue weighted by atomic mass is 16.5. The Labute approximate surface area is 130 Å². The summed E-state index contributed by atoms with van der Waals surface area (Å²) in [7, 11) is 1.51. The molecule has 2 amide bonds. The minimum Gasteiger partial charge on any atom is -0.465 e. The maximum atomic E-state index is 12.2. The molecule has 2 atom stereocenters. The first-order chi connectivity index (χ1) is 10.6. The Morgan fingerprint density at radius 2 is 2.09 bits per heavy atom. The molecule has 0 spiro atoms. The molecule has 1 aromatic rings. The molecule has 0 unspecified atom stereocenters. The third-order valence-corrected chi connectivity index (χ3v) is 4.04. The molecule has 1 aliphatic heterocycles. The van der Waals surface area contributed by atoms with Crippen LogP contribution in [0.3, 0.4) is 0 Å². The molecule has 1 saturated heterocycles. The zero-order valence-corrected chi connectivity index (χ0v) is 12.7. The van der Waals surface area contributed by atoms with Crippen molar-refractivity contribution in [2.24, 2.45) is 0 Å². The Morgan fingerprint density at radius 1 is 1.36 bits per heavy atom. The molecule has 22 heavy (non-hydrogen) atoms. The van der Waals surface area contributed by atoms with Crippen LogP contribution in [0.1, 0.15) is 24.3 Å². The third-order valence-electron chi connectivity index (χ3n) is 4.04. The number of carbonyl (C=O) groups is 2. The molecule has 0 aromatic heterocycles. The second-order valence-corrected chi connectivity index (χ2v) is 5.41. The molecule has 0 aliphatic carbocycles. The van der Waals surface area contributed by atoms with E-state index in [1.807, 2.05) is 30.3 Å². The molecule has 2 N–H and O–H groups in total. The minimum atomic E-state index is -1.09. The second kappa shape index (κ2) is 7.79. The SMILES string of the molecule is COCCN(C(=O)O)[C@@H]1CC[C@@H](c2ccccc2)CNC1=O. The van der Waals surface area contributed by atoms with E-state index in [0.29, 0.717) is 13.0 Å². The number of benzene rings is 1. The number of hydrogen-bond donors (Lipinski definition) is 2. The van der Waals surface area contributed by atoms with Crippen LogP contribution >= 0.6 is 0 Å². The molecule has 1 aromatic carbocycles. The summed E-state index contributed by atoms with van der Waals surface area (Å²) in [5.74, 6) is -0.00912. The lowest BCUT2D eigenvalue weighted by Gasteiger charge is -2.26. The van der Waals surface area contributed by atoms with Crippen LogP contribution in [0, 0.1) is 0 Å². The molecular weight excluding hydrogens is 284 g/mol. The number of amides is 2. The lowest BCUT2D eigenvalue weighted by Crippen LogP contribution is -2.49. The van der Waals surface area contributed by atoms with Crippen LogP contribution in [0.2, 0.25) is 0 Å². The monoisotopic (exact) mass is 306 g/mol. The van der Waals surface area contributed by atoms with E-state index < -0.39 is 12.1 Å². The van der Waals surface area contributed by atoms with Gasteiger partial charge in [-0.3, -0.25) is 9.69 Å². The lowest BCUT2D eigenvalue weighted by atomic mass is 9.93. The molecule has 120 valence electrons. The Bertz CT molecular complexity index is 506. The number of carboxylic acid groups (broad SMARTS) is 1. The molecule has 6 nitrogen and oxygen atoms in total. The van der Waals surface area contributed by atoms with Crippen LogP contribution in [-0.4, -0.2) is 54.9 Å². The van der Waals surface area contributed by atoms with Crippen molar-refractivity contribution in [3.63, 3.8) is 0 Å². The number of carbonyl (C=O) groups excluding carboxylic acids is 1. The molecule has 0 radical (unpaired) electrons. The first kappa shape index (κ1) is 16.3. The molecule has 0 bridgehead atoms. The van der Waals surface area contributed by atoms with E-state index in [9.17, 15) is 14.7 Å². The number of hydrogen-bond acceptors (Lipinski definition) is 3. The molecule has 1 heterocycles. The summed E-state index contributed by atoms with van der Waals surface area (Å²) in [6.07, 6.45) is 0.196. The summed E-state index contributed by atoms with van der Waals surface area (Å²) < 4.78 is 4.93. The van der Waals surface area contributed by atoms with Gasteiger partial charge in [-0.15, -0.1) is 0 Å². The second-order valence-electron chi connectivity index (χ2n) is 5.41. The number of nitrogens with one attached hydrogen (secondary N) is 1. The molecule has 6 heteroatoms. The van der Waals surface area contributed by atoms with Crippen molar-refractivity contribution in [2.75, 3.05) is 26.8 Å². The summed E-state index contributed by atoms with van der Waals surface area (Å²) in [6, 6.07) is 9.33. The summed E-state index contributed by atoms with van der Waals surface area (Å²) in [6.45, 7) is 1.01. The van der Waals surface area contributed by atoms with Crippen LogP contribution in [0.5, 0.6) is 0 Å². The largest absolute Gasteiger partial charge is 0.465 e. The van der Waals surface area contributed by atoms with Gasteiger partial charge in [0.2, 0.25) is 5.91 Å². The molecule has 2 rings (SSSR count). The van der Waals surface area contributed by atoms with Gasteiger partial charge in [0.1, 0.15) is 6.04 Å². The van der Waals surface area contributed by atoms with Crippen molar-refractivity contribution in [2.45, 2.75) is 24.8 Å². The smallest absolute Gasteiger partial charge is 0.408 e. The predicted molar refractivity (Wildman–Crippen MR) is 81.8 cm³/mol. The Morgan fingerprint density at radius 3 is 2.73 bits per heavy atom. The number of methoxy groups -OCH3 is 1. The van der Waals surface area contributed by atoms with Gasteiger partial charge in [-0.25, -0.2) is 4.79 Å². The highest BCUT2D eigenvalue weighted by molar-refractivity contribution is 5.85. The van der Waals surface area contributed by atoms with Crippen molar-refractivity contribution >= 4 is 12.0 Å². The van der Waals surface area contributed by atoms with Gasteiger partial charge in [0.05, 0.1) is 6.61 Å². The van der Waals surface area contributed by atoms with E-state index in [4.69, 9.17) is 4.74 Å². The van der Waals surface area contributed by atoms with E-state index in [1.54, 1.807) is 0 Å². The summed E-state index contributed by atoms with van der Waals surface area (Å²) in [5.41, 5.74) is 1.17. The van der Waals surface area contributed by atoms with Gasteiger partial charge in [-0.05, 0) is 18.4 Å². The molecular formula is C16H22N2O4. The quantitative estimate of drug-likeness (QED) is 0.867. The van der Waals surface area contributed by atoms with Gasteiger partial charge >= 0.3 is 6.09 Å². The summed E-state index contributed by atoms with van der Waals surface area (Å²) >= 11 is 0. The fourth-order valence-corrected chi connectivity index (χ4v) is 2.82. The van der Waals surface area contributed by atoms with Crippen molar-refractivity contribution in [3.8, 4) is 0 Å². The standard InChI is InChI=1S/C16H22N2O4/c1-22-10-9-18(16(20)21)14-8-7-13(11-17-15(14)19)12-5-3-2-4-6-12/h2-6,13-14H,7-11H2,1H3,(H,17,19)(H,20,21)/t13-,14-/m1/s1. The maximum Gasteiger partial charge on any atom is 0.408 e. The molecule has 0 saturated carbocycles. The molecule has 1 aliphatic rings. The Balaban J connectivity index is 2.08. The van der Waals surface area contributed by atoms with Gasteiger partial charge in [0.15, 0.2) is 0 Å². The first-order valence-electron chi connectivity index (χ1n) is 7.44. The fraction of sp³-hybridized carbons (Fsp3) is 0.500. The zero-order chi connectivity index (χ0) is 15.9. The number of rotatable bonds is 5. The highest BCUT2D eigenvalue weighted by Gasteiger charge is 2.32. The van der Waals surface area contributed by atoms with Crippen molar-refractivity contribution in [1.29, 1.82) is 0 Å². The van der Waals surface area contributed by atoms with Gasteiger partial charge in [0.25, 0.3) is 0 Å². The van der Waals surface area contributed by atoms with Gasteiger partial charge in [0, 0.05) is 26.1 Å². The van der Waals surface area contributed by atoms with Crippen molar-refractivity contribution < 1.29 is 19.4 Å². The Hall–Kier alpha value is -2.08. The minimum absolute atomic E-state index is 0.194. The lowest BCUT2D eigenvalue weighted by molar-refractivity contribution is -0.125. The first-order valence-corrected chi connectivity index (χ1v) is 7.44. The van der Waals surface area contributed by atoms with E-state index in [2.05, 4.69) is 5.32 Å². The van der Waals surface area contributed by atoms with Crippen molar-refractivity contribution in [1.82, 2.24) is 10.2 Å². The van der Waals surface area contributed by atoms with E-state index >= 15 is 0 Å². The van der Waals surface area contributed by atoms with E-state index in [0.717, 1.165) is 6.42 Å². The average Bonchev–Trinajstić information content (AvgIpc) is 2.71. The van der Waals surface area contributed by atoms with Crippen LogP contribution < -0.4 is 5.32 Å². The van der Waals surface area contributed by atoms with Gasteiger partial charge < -0.3 is 15.2 Å². The predicted octanol–water partition coefficient (Wildman–Crippen LogP) is 1.68. The van der Waals surface area contributed by atoms with Crippen molar-refractivity contribution in [3.05, 3.63) is 35.9 Å². The summed E-state index contributed by atoms with van der Waals surface area (Å²) in [4.78, 5) is 24.8. The number of ether oxygens (including phenoxy) is 1. The van der Waals surface area contributed by atoms with Gasteiger partial charge in [-0.1, -0.05) is 30.3 Å². The van der Waals surface area contributed by atoms with Crippen LogP contribution in [0.4, 0.5) is 4.79 Å². The topological polar surface area (TPSA) is 78.9 Å². The van der Waals surface area contributed by atoms with Gasteiger partial charge in [-0.2, -0.15) is 0 Å². The highest BCUT2D eigenvalue weighted by Crippen LogP contribution is 2.25. The third kappa shape index (κ3) is 3.98. The maximum absolute atomic E-state index is 12.2. The number of nitrogens with zero attached hydrogens (tertiary/aromatic N) is 1. The van der Waals surface area contributed by atoms with Crippen LogP contribution in [0.25, 0.3) is 0 Å². The molecule has 1 fully saturated rings. The normalized spacial score (nSPS) is 21.8. The fourth-order valence-electron chi connectivity index (χ4n) is 2.82. The van der Waals surface area contributed by atoms with Crippen LogP contribution in [0.15, 0.2) is 30.3 Å². The van der Waals surface area contributed by atoms with E-state index in [-0.39, 0.29) is 25.0 Å². The van der Waals surface area contributed by atoms with Crippen LogP contribution in [-0.2, 0) is 9.53 Å².